The number of rotatable bonds is 9. The number of fused-ring (bicyclic) bond motifs is 1. The molecule has 0 amide bonds. The molecule has 0 radical (unpaired) electrons. The van der Waals surface area contributed by atoms with E-state index in [0.29, 0.717) is 26.4 Å². The Morgan fingerprint density at radius 1 is 0.958 bits per heavy atom. The van der Waals surface area contributed by atoms with Gasteiger partial charge in [0.1, 0.15) is 0 Å². The van der Waals surface area contributed by atoms with Crippen LogP contribution in [0.3, 0.4) is 0 Å². The molecule has 24 heavy (non-hydrogen) atoms. The maximum atomic E-state index is 6.52. The van der Waals surface area contributed by atoms with Gasteiger partial charge < -0.3 is 23.5 Å². The van der Waals surface area contributed by atoms with Gasteiger partial charge in [0.05, 0.1) is 43.7 Å². The van der Waals surface area contributed by atoms with Gasteiger partial charge in [0.2, 0.25) is 0 Å². The van der Waals surface area contributed by atoms with Crippen LogP contribution in [0.25, 0.3) is 0 Å². The summed E-state index contributed by atoms with van der Waals surface area (Å²) in [7, 11) is 1.53. The smallest absolute Gasteiger partial charge is 0.402 e. The summed E-state index contributed by atoms with van der Waals surface area (Å²) >= 11 is 0. The average molecular weight is 342 g/mol. The van der Waals surface area contributed by atoms with Gasteiger partial charge >= 0.3 is 7.12 Å². The predicted octanol–water partition coefficient (Wildman–Crippen LogP) is 3.46. The molecule has 0 aromatic carbocycles. The van der Waals surface area contributed by atoms with E-state index in [2.05, 4.69) is 34.6 Å². The quantitative estimate of drug-likeness (QED) is 0.474. The molecule has 2 fully saturated rings. The van der Waals surface area contributed by atoms with E-state index in [1.807, 2.05) is 0 Å². The van der Waals surface area contributed by atoms with Crippen LogP contribution in [0, 0.1) is 0 Å². The van der Waals surface area contributed by atoms with Crippen molar-refractivity contribution in [2.45, 2.75) is 82.9 Å². The SMILES string of the molecule is CC[C@@]12CC(OCCOCCOC)C[C@]1(CC)OB(C(C)(C)C)O2. The predicted molar refractivity (Wildman–Crippen MR) is 95.4 cm³/mol. The average Bonchev–Trinajstić information content (AvgIpc) is 3.00. The van der Waals surface area contributed by atoms with Crippen molar-refractivity contribution in [1.82, 2.24) is 0 Å². The van der Waals surface area contributed by atoms with E-state index in [4.69, 9.17) is 23.5 Å². The molecule has 1 saturated heterocycles. The minimum atomic E-state index is -0.221. The zero-order valence-electron chi connectivity index (χ0n) is 16.4. The molecule has 6 heteroatoms. The first-order chi connectivity index (χ1) is 11.3. The van der Waals surface area contributed by atoms with Crippen LogP contribution in [0.4, 0.5) is 0 Å². The molecule has 0 aromatic heterocycles. The molecule has 1 saturated carbocycles. The van der Waals surface area contributed by atoms with Crippen LogP contribution in [0.5, 0.6) is 0 Å². The van der Waals surface area contributed by atoms with Gasteiger partial charge in [-0.1, -0.05) is 34.6 Å². The summed E-state index contributed by atoms with van der Waals surface area (Å²) in [5, 5.41) is -0.0137. The first kappa shape index (κ1) is 20.2. The third-order valence-corrected chi connectivity index (χ3v) is 5.47. The van der Waals surface area contributed by atoms with Gasteiger partial charge in [-0.05, 0) is 18.2 Å². The Hall–Kier alpha value is -0.135. The first-order valence-electron chi connectivity index (χ1n) is 9.36. The van der Waals surface area contributed by atoms with E-state index >= 15 is 0 Å². The number of ether oxygens (including phenoxy) is 3. The van der Waals surface area contributed by atoms with Crippen LogP contribution < -0.4 is 0 Å². The van der Waals surface area contributed by atoms with Crippen molar-refractivity contribution in [1.29, 1.82) is 0 Å². The van der Waals surface area contributed by atoms with Crippen molar-refractivity contribution in [3.05, 3.63) is 0 Å². The second-order valence-corrected chi connectivity index (χ2v) is 8.14. The number of methoxy groups -OCH3 is 1. The topological polar surface area (TPSA) is 46.2 Å². The minimum Gasteiger partial charge on any atom is -0.402 e. The van der Waals surface area contributed by atoms with Gasteiger partial charge in [-0.3, -0.25) is 0 Å². The third kappa shape index (κ3) is 3.99. The fourth-order valence-electron chi connectivity index (χ4n) is 4.01. The zero-order valence-corrected chi connectivity index (χ0v) is 16.4. The highest BCUT2D eigenvalue weighted by molar-refractivity contribution is 6.49. The summed E-state index contributed by atoms with van der Waals surface area (Å²) in [6.07, 6.45) is 3.90. The van der Waals surface area contributed by atoms with Crippen molar-refractivity contribution in [3.8, 4) is 0 Å². The summed E-state index contributed by atoms with van der Waals surface area (Å²) < 4.78 is 29.6. The molecule has 3 atom stereocenters. The molecule has 1 aliphatic heterocycles. The Kier molecular flexibility index (Phi) is 6.76. The van der Waals surface area contributed by atoms with Gasteiger partial charge in [-0.2, -0.15) is 0 Å². The number of hydrogen-bond acceptors (Lipinski definition) is 5. The van der Waals surface area contributed by atoms with Gasteiger partial charge in [0.15, 0.2) is 0 Å². The van der Waals surface area contributed by atoms with Gasteiger partial charge in [0.25, 0.3) is 0 Å². The lowest BCUT2D eigenvalue weighted by atomic mass is 9.61. The third-order valence-electron chi connectivity index (χ3n) is 5.47. The second kappa shape index (κ2) is 8.04. The Morgan fingerprint density at radius 3 is 1.96 bits per heavy atom. The highest BCUT2D eigenvalue weighted by atomic mass is 16.7. The van der Waals surface area contributed by atoms with Crippen LogP contribution in [0.15, 0.2) is 0 Å². The Balaban J connectivity index is 1.92. The van der Waals surface area contributed by atoms with Crippen LogP contribution in [0.2, 0.25) is 5.31 Å². The molecule has 1 heterocycles. The largest absolute Gasteiger partial charge is 0.463 e. The maximum absolute atomic E-state index is 6.52. The van der Waals surface area contributed by atoms with E-state index in [1.165, 1.54) is 0 Å². The van der Waals surface area contributed by atoms with Gasteiger partial charge in [0, 0.05) is 20.0 Å². The molecule has 5 nitrogen and oxygen atoms in total. The van der Waals surface area contributed by atoms with Crippen LogP contribution >= 0.6 is 0 Å². The molecule has 0 bridgehead atoms. The summed E-state index contributed by atoms with van der Waals surface area (Å²) in [4.78, 5) is 0. The van der Waals surface area contributed by atoms with Crippen molar-refractivity contribution < 1.29 is 23.5 Å². The van der Waals surface area contributed by atoms with Crippen LogP contribution in [0.1, 0.15) is 60.3 Å². The molecule has 2 aliphatic rings. The highest BCUT2D eigenvalue weighted by Gasteiger charge is 2.67. The fourth-order valence-corrected chi connectivity index (χ4v) is 4.01. The molecule has 140 valence electrons. The van der Waals surface area contributed by atoms with Crippen molar-refractivity contribution in [3.63, 3.8) is 0 Å². The van der Waals surface area contributed by atoms with E-state index in [0.717, 1.165) is 25.7 Å². The van der Waals surface area contributed by atoms with E-state index in [9.17, 15) is 0 Å². The normalized spacial score (nSPS) is 33.2. The summed E-state index contributed by atoms with van der Waals surface area (Å²) in [6.45, 7) is 13.4. The maximum Gasteiger partial charge on any atom is 0.463 e. The lowest BCUT2D eigenvalue weighted by Crippen LogP contribution is -2.46. The van der Waals surface area contributed by atoms with Crippen LogP contribution in [-0.4, -0.2) is 58.0 Å². The summed E-state index contributed by atoms with van der Waals surface area (Å²) in [5.74, 6) is 0. The molecule has 1 aliphatic carbocycles. The summed E-state index contributed by atoms with van der Waals surface area (Å²) in [5.41, 5.74) is -0.442. The fraction of sp³-hybridized carbons (Fsp3) is 1.00. The molecule has 0 spiro atoms. The summed E-state index contributed by atoms with van der Waals surface area (Å²) in [6, 6.07) is 0. The van der Waals surface area contributed by atoms with Crippen molar-refractivity contribution in [2.24, 2.45) is 0 Å². The van der Waals surface area contributed by atoms with Crippen molar-refractivity contribution in [2.75, 3.05) is 33.5 Å². The molecule has 2 rings (SSSR count). The minimum absolute atomic E-state index is 0.0137. The monoisotopic (exact) mass is 342 g/mol. The highest BCUT2D eigenvalue weighted by Crippen LogP contribution is 2.57. The van der Waals surface area contributed by atoms with Crippen LogP contribution in [-0.2, 0) is 23.5 Å². The van der Waals surface area contributed by atoms with E-state index < -0.39 is 0 Å². The molecule has 0 aromatic rings. The number of hydrogen-bond donors (Lipinski definition) is 0. The van der Waals surface area contributed by atoms with Gasteiger partial charge in [-0.25, -0.2) is 0 Å². The zero-order chi connectivity index (χ0) is 17.8. The lowest BCUT2D eigenvalue weighted by Gasteiger charge is -2.37. The second-order valence-electron chi connectivity index (χ2n) is 8.14. The Bertz CT molecular complexity index is 377. The van der Waals surface area contributed by atoms with E-state index in [-0.39, 0.29) is 29.7 Å². The molecular formula is C18H35BO5. The molecule has 0 N–H and O–H groups in total. The first-order valence-corrected chi connectivity index (χ1v) is 9.36. The van der Waals surface area contributed by atoms with Gasteiger partial charge in [-0.15, -0.1) is 0 Å². The molecular weight excluding hydrogens is 307 g/mol. The van der Waals surface area contributed by atoms with E-state index in [1.54, 1.807) is 7.11 Å². The lowest BCUT2D eigenvalue weighted by molar-refractivity contribution is -0.0281. The van der Waals surface area contributed by atoms with Crippen molar-refractivity contribution >= 4 is 7.12 Å². The standard InChI is InChI=1S/C18H35BO5/c1-7-17-13-15(22-12-11-21-10-9-20-6)14-18(17,8-2)24-19(23-17)16(3,4)5/h15H,7-14H2,1-6H3/t15?,17-,18+. The molecule has 1 unspecified atom stereocenters. The Morgan fingerprint density at radius 2 is 1.50 bits per heavy atom. The Labute approximate surface area is 147 Å².